The molecule has 0 N–H and O–H groups in total. The first-order valence-corrected chi connectivity index (χ1v) is 5.75. The van der Waals surface area contributed by atoms with Crippen molar-refractivity contribution in [3.63, 3.8) is 0 Å². The Hall–Kier alpha value is -0.660. The van der Waals surface area contributed by atoms with Crippen molar-refractivity contribution in [3.05, 3.63) is 30.6 Å². The van der Waals surface area contributed by atoms with E-state index in [2.05, 4.69) is 0 Å². The molecule has 0 amide bonds. The minimum atomic E-state index is -0.707. The minimum absolute atomic E-state index is 0.168. The van der Waals surface area contributed by atoms with Gasteiger partial charge in [0.25, 0.3) is 5.56 Å². The van der Waals surface area contributed by atoms with E-state index in [-0.39, 0.29) is 6.54 Å². The molecule has 0 unspecified atom stereocenters. The van der Waals surface area contributed by atoms with Gasteiger partial charge in [0.05, 0.1) is 10.1 Å². The van der Waals surface area contributed by atoms with Crippen LogP contribution in [0.15, 0.2) is 15.8 Å². The Labute approximate surface area is 99.9 Å². The van der Waals surface area contributed by atoms with Crippen LogP contribution in [0.4, 0.5) is 4.39 Å². The zero-order chi connectivity index (χ0) is 11.4. The summed E-state index contributed by atoms with van der Waals surface area (Å²) in [6.45, 7) is 1.60. The van der Waals surface area contributed by atoms with E-state index in [0.29, 0.717) is 10.1 Å². The van der Waals surface area contributed by atoms with Crippen molar-refractivity contribution in [2.45, 2.75) is 26.4 Å². The highest BCUT2D eigenvalue weighted by atomic mass is 127. The first-order chi connectivity index (χ1) is 7.11. The number of hydrogen-bond donors (Lipinski definition) is 0. The van der Waals surface area contributed by atoms with E-state index < -0.39 is 17.9 Å². The summed E-state index contributed by atoms with van der Waals surface area (Å²) in [5, 5.41) is 0. The lowest BCUT2D eigenvalue weighted by molar-refractivity contribution is 0.421. The molecule has 0 aliphatic carbocycles. The highest BCUT2D eigenvalue weighted by Crippen LogP contribution is 1.95. The van der Waals surface area contributed by atoms with Crippen molar-refractivity contribution in [2.24, 2.45) is 0 Å². The van der Waals surface area contributed by atoms with E-state index in [4.69, 9.17) is 0 Å². The van der Waals surface area contributed by atoms with Crippen LogP contribution in [0.5, 0.6) is 0 Å². The summed E-state index contributed by atoms with van der Waals surface area (Å²) in [5.41, 5.74) is -0.842. The van der Waals surface area contributed by atoms with Crippen molar-refractivity contribution in [3.8, 4) is 0 Å². The first-order valence-electron chi connectivity index (χ1n) is 4.67. The maximum atomic E-state index is 12.2. The topological polar surface area (TPSA) is 44.0 Å². The van der Waals surface area contributed by atoms with Crippen LogP contribution in [-0.2, 0) is 13.1 Å². The predicted octanol–water partition coefficient (Wildman–Crippen LogP) is 0.994. The molecular weight excluding hydrogens is 314 g/mol. The highest BCUT2D eigenvalue weighted by Gasteiger charge is 2.08. The summed E-state index contributed by atoms with van der Waals surface area (Å²) in [7, 11) is 0. The zero-order valence-corrected chi connectivity index (χ0v) is 10.5. The Morgan fingerprint density at radius 3 is 2.60 bits per heavy atom. The molecule has 0 aromatic carbocycles. The first kappa shape index (κ1) is 12.4. The number of halogens is 2. The molecule has 0 saturated carbocycles. The van der Waals surface area contributed by atoms with Gasteiger partial charge in [-0.05, 0) is 29.0 Å². The Morgan fingerprint density at radius 1 is 1.40 bits per heavy atom. The van der Waals surface area contributed by atoms with Gasteiger partial charge in [0.2, 0.25) is 0 Å². The number of nitrogens with zero attached hydrogens (tertiary/aromatic N) is 2. The molecule has 15 heavy (non-hydrogen) atoms. The second-order valence-electron chi connectivity index (χ2n) is 3.10. The molecular formula is C9H12FIN2O2. The Kier molecular flexibility index (Phi) is 4.49. The number of hydrogen-bond acceptors (Lipinski definition) is 2. The summed E-state index contributed by atoms with van der Waals surface area (Å²) in [4.78, 5) is 23.2. The molecule has 0 aliphatic heterocycles. The van der Waals surface area contributed by atoms with Crippen molar-refractivity contribution in [2.75, 3.05) is 6.67 Å². The number of aryl methyl sites for hydroxylation is 1. The summed E-state index contributed by atoms with van der Waals surface area (Å²) in [5.74, 6) is 0. The second kappa shape index (κ2) is 5.43. The van der Waals surface area contributed by atoms with Crippen LogP contribution in [0.1, 0.15) is 13.3 Å². The maximum Gasteiger partial charge on any atom is 0.331 e. The molecule has 1 heterocycles. The fourth-order valence-electron chi connectivity index (χ4n) is 1.30. The van der Waals surface area contributed by atoms with Crippen LogP contribution in [0.3, 0.4) is 0 Å². The standard InChI is InChI=1S/C9H12FIN2O2/c1-2-4-12-6-7(11)8(14)13(5-3-10)9(12)15/h6H,2-5H2,1H3. The lowest BCUT2D eigenvalue weighted by Crippen LogP contribution is -2.41. The van der Waals surface area contributed by atoms with Gasteiger partial charge in [0, 0.05) is 12.7 Å². The fourth-order valence-corrected chi connectivity index (χ4v) is 1.93. The molecule has 0 aliphatic rings. The number of aromatic nitrogens is 2. The van der Waals surface area contributed by atoms with E-state index in [9.17, 15) is 14.0 Å². The minimum Gasteiger partial charge on any atom is -0.299 e. The van der Waals surface area contributed by atoms with Gasteiger partial charge in [-0.15, -0.1) is 0 Å². The van der Waals surface area contributed by atoms with Crippen LogP contribution in [0, 0.1) is 3.57 Å². The van der Waals surface area contributed by atoms with Gasteiger partial charge in [-0.2, -0.15) is 0 Å². The van der Waals surface area contributed by atoms with Crippen LogP contribution >= 0.6 is 22.6 Å². The Morgan fingerprint density at radius 2 is 2.07 bits per heavy atom. The summed E-state index contributed by atoms with van der Waals surface area (Å²) in [6, 6.07) is 0. The van der Waals surface area contributed by atoms with Gasteiger partial charge in [-0.3, -0.25) is 13.9 Å². The normalized spacial score (nSPS) is 10.6. The lowest BCUT2D eigenvalue weighted by Gasteiger charge is -2.08. The van der Waals surface area contributed by atoms with Gasteiger partial charge >= 0.3 is 5.69 Å². The predicted molar refractivity (Wildman–Crippen MR) is 63.9 cm³/mol. The third kappa shape index (κ3) is 2.67. The monoisotopic (exact) mass is 326 g/mol. The van der Waals surface area contributed by atoms with Crippen LogP contribution < -0.4 is 11.2 Å². The smallest absolute Gasteiger partial charge is 0.299 e. The molecule has 0 spiro atoms. The largest absolute Gasteiger partial charge is 0.331 e. The molecule has 6 heteroatoms. The number of rotatable bonds is 4. The van der Waals surface area contributed by atoms with Crippen molar-refractivity contribution < 1.29 is 4.39 Å². The average Bonchev–Trinajstić information content (AvgIpc) is 2.21. The SMILES string of the molecule is CCCn1cc(I)c(=O)n(CCF)c1=O. The third-order valence-corrected chi connectivity index (χ3v) is 2.71. The molecule has 1 aromatic heterocycles. The quantitative estimate of drug-likeness (QED) is 0.775. The maximum absolute atomic E-state index is 12.2. The van der Waals surface area contributed by atoms with Crippen molar-refractivity contribution in [1.29, 1.82) is 0 Å². The molecule has 0 fully saturated rings. The van der Waals surface area contributed by atoms with Gasteiger partial charge in [-0.1, -0.05) is 6.92 Å². The molecule has 1 aromatic rings. The van der Waals surface area contributed by atoms with Crippen molar-refractivity contribution >= 4 is 22.6 Å². The van der Waals surface area contributed by atoms with E-state index in [1.165, 1.54) is 10.8 Å². The van der Waals surface area contributed by atoms with E-state index in [1.54, 1.807) is 0 Å². The van der Waals surface area contributed by atoms with E-state index in [1.807, 2.05) is 29.5 Å². The van der Waals surface area contributed by atoms with Crippen LogP contribution in [0.2, 0.25) is 0 Å². The zero-order valence-electron chi connectivity index (χ0n) is 8.37. The summed E-state index contributed by atoms with van der Waals surface area (Å²) in [6.07, 6.45) is 2.31. The lowest BCUT2D eigenvalue weighted by atomic mass is 10.4. The van der Waals surface area contributed by atoms with Gasteiger partial charge in [-0.25, -0.2) is 9.18 Å². The molecule has 0 atom stereocenters. The van der Waals surface area contributed by atoms with E-state index in [0.717, 1.165) is 11.0 Å². The van der Waals surface area contributed by atoms with Gasteiger partial charge in [0.1, 0.15) is 6.67 Å². The molecule has 0 bridgehead atoms. The number of alkyl halides is 1. The van der Waals surface area contributed by atoms with Crippen LogP contribution in [0.25, 0.3) is 0 Å². The Bertz CT molecular complexity index is 452. The fraction of sp³-hybridized carbons (Fsp3) is 0.556. The van der Waals surface area contributed by atoms with Gasteiger partial charge in [0.15, 0.2) is 0 Å². The second-order valence-corrected chi connectivity index (χ2v) is 4.26. The third-order valence-electron chi connectivity index (χ3n) is 1.97. The van der Waals surface area contributed by atoms with Crippen LogP contribution in [-0.4, -0.2) is 15.8 Å². The summed E-state index contributed by atoms with van der Waals surface area (Å²) < 4.78 is 15.0. The van der Waals surface area contributed by atoms with Crippen molar-refractivity contribution in [1.82, 2.24) is 9.13 Å². The molecule has 1 rings (SSSR count). The molecule has 0 saturated heterocycles. The Balaban J connectivity index is 3.35. The summed E-state index contributed by atoms with van der Waals surface area (Å²) >= 11 is 1.86. The average molecular weight is 326 g/mol. The van der Waals surface area contributed by atoms with Gasteiger partial charge < -0.3 is 0 Å². The molecule has 84 valence electrons. The van der Waals surface area contributed by atoms with E-state index >= 15 is 0 Å². The highest BCUT2D eigenvalue weighted by molar-refractivity contribution is 14.1. The molecule has 0 radical (unpaired) electrons. The molecule has 4 nitrogen and oxygen atoms in total.